The topological polar surface area (TPSA) is 64.1 Å². The van der Waals surface area contributed by atoms with Crippen LogP contribution in [0.5, 0.6) is 0 Å². The first-order valence-electron chi connectivity index (χ1n) is 7.83. The first-order chi connectivity index (χ1) is 12.6. The second-order valence-electron chi connectivity index (χ2n) is 5.55. The van der Waals surface area contributed by atoms with Crippen molar-refractivity contribution >= 4 is 11.8 Å². The van der Waals surface area contributed by atoms with Gasteiger partial charge in [0.25, 0.3) is 0 Å². The summed E-state index contributed by atoms with van der Waals surface area (Å²) in [5.74, 6) is 0.0290. The molecule has 134 valence electrons. The molecule has 0 aliphatic heterocycles. The van der Waals surface area contributed by atoms with Gasteiger partial charge in [-0.05, 0) is 0 Å². The van der Waals surface area contributed by atoms with Crippen LogP contribution in [0, 0.1) is 12.7 Å². The van der Waals surface area contributed by atoms with E-state index >= 15 is 0 Å². The molecule has 0 aliphatic rings. The van der Waals surface area contributed by atoms with Crippen molar-refractivity contribution in [2.75, 3.05) is 3.53 Å². The molecule has 0 aliphatic carbocycles. The third kappa shape index (κ3) is 5.22. The monoisotopic (exact) mass is 464 g/mol. The van der Waals surface area contributed by atoms with E-state index in [2.05, 4.69) is 13.5 Å². The van der Waals surface area contributed by atoms with E-state index in [4.69, 9.17) is 3.07 Å². The molecule has 3 rings (SSSR count). The molecule has 2 aromatic heterocycles. The minimum atomic E-state index is -1.01. The second kappa shape index (κ2) is 8.70. The van der Waals surface area contributed by atoms with Crippen molar-refractivity contribution in [1.29, 1.82) is 0 Å². The van der Waals surface area contributed by atoms with Gasteiger partial charge in [-0.15, -0.1) is 0 Å². The maximum atomic E-state index is 13.3. The summed E-state index contributed by atoms with van der Waals surface area (Å²) in [6.45, 7) is 1.89. The molecular weight excluding hydrogens is 448 g/mol. The van der Waals surface area contributed by atoms with Crippen LogP contribution in [-0.4, -0.2) is 15.9 Å². The summed E-state index contributed by atoms with van der Waals surface area (Å²) in [5.41, 5.74) is 3.31. The van der Waals surface area contributed by atoms with Crippen LogP contribution in [0.1, 0.15) is 11.3 Å². The Morgan fingerprint density at radius 1 is 1.12 bits per heavy atom. The van der Waals surface area contributed by atoms with Crippen molar-refractivity contribution < 1.29 is 34.1 Å². The number of hydrogen-bond donors (Lipinski definition) is 1. The molecule has 2 heterocycles. The Balaban J connectivity index is 1.49. The molecule has 0 atom stereocenters. The number of nitrogens with one attached hydrogen (secondary N) is 1. The van der Waals surface area contributed by atoms with Crippen molar-refractivity contribution in [2.24, 2.45) is 0 Å². The Morgan fingerprint density at radius 3 is 2.69 bits per heavy atom. The van der Waals surface area contributed by atoms with Crippen LogP contribution in [0.2, 0.25) is 0 Å². The third-order valence-corrected chi connectivity index (χ3v) is 4.99. The predicted molar refractivity (Wildman–Crippen MR) is 92.0 cm³/mol. The number of halogens is 2. The number of hydrogen-bond acceptors (Lipinski definition) is 5. The molecule has 1 N–H and O–H groups in total. The van der Waals surface area contributed by atoms with Gasteiger partial charge in [-0.3, -0.25) is 0 Å². The number of aromatic nitrogens is 2. The van der Waals surface area contributed by atoms with E-state index < -0.39 is 21.9 Å². The molecule has 26 heavy (non-hydrogen) atoms. The van der Waals surface area contributed by atoms with Crippen LogP contribution < -0.4 is 25.4 Å². The zero-order valence-electron chi connectivity index (χ0n) is 13.9. The molecule has 0 unspecified atom stereocenters. The van der Waals surface area contributed by atoms with Gasteiger partial charge in [0.15, 0.2) is 0 Å². The summed E-state index contributed by atoms with van der Waals surface area (Å²) in [6, 6.07) is 13.7. The molecule has 0 saturated heterocycles. The Hall–Kier alpha value is -2.55. The van der Waals surface area contributed by atoms with E-state index in [0.29, 0.717) is 5.82 Å². The summed E-state index contributed by atoms with van der Waals surface area (Å²) < 4.78 is 21.5. The standard InChI is InChI=1S/C19H16FIN3O2/c1-13-5-6-14(11-22-13)9-19(25)26-21-24-18-8-7-16(12-23-18)15-3-2-4-17(20)10-15/h2-8,10-12H,9H2,1H3,(H,23,24)/q-1. The van der Waals surface area contributed by atoms with Gasteiger partial charge in [0.2, 0.25) is 0 Å². The van der Waals surface area contributed by atoms with Gasteiger partial charge in [0.05, 0.1) is 0 Å². The summed E-state index contributed by atoms with van der Waals surface area (Å²) >= 11 is -1.01. The van der Waals surface area contributed by atoms with Gasteiger partial charge in [0.1, 0.15) is 0 Å². The number of carbonyl (C=O) groups is 1. The number of rotatable bonds is 6. The fourth-order valence-corrected chi connectivity index (χ4v) is 3.24. The summed E-state index contributed by atoms with van der Waals surface area (Å²) in [5, 5.41) is 0. The normalized spacial score (nSPS) is 10.5. The number of anilines is 1. The molecule has 7 heteroatoms. The van der Waals surface area contributed by atoms with E-state index in [-0.39, 0.29) is 18.2 Å². The van der Waals surface area contributed by atoms with Crippen LogP contribution in [0.15, 0.2) is 60.9 Å². The number of pyridine rings is 2. The minimum absolute atomic E-state index is 0.195. The van der Waals surface area contributed by atoms with Gasteiger partial charge >= 0.3 is 162 Å². The number of nitrogens with zero attached hydrogens (tertiary/aromatic N) is 2. The van der Waals surface area contributed by atoms with Crippen LogP contribution in [0.3, 0.4) is 0 Å². The second-order valence-corrected chi connectivity index (χ2v) is 6.97. The molecule has 0 radical (unpaired) electrons. The summed E-state index contributed by atoms with van der Waals surface area (Å²) in [6.07, 6.45) is 3.52. The number of benzene rings is 1. The molecule has 0 amide bonds. The molecule has 0 fully saturated rings. The fourth-order valence-electron chi connectivity index (χ4n) is 2.19. The quantitative estimate of drug-likeness (QED) is 0.430. The van der Waals surface area contributed by atoms with Crippen LogP contribution in [0.4, 0.5) is 10.2 Å². The molecule has 5 nitrogen and oxygen atoms in total. The van der Waals surface area contributed by atoms with Crippen molar-refractivity contribution in [2.45, 2.75) is 13.3 Å². The van der Waals surface area contributed by atoms with Gasteiger partial charge in [-0.25, -0.2) is 0 Å². The summed E-state index contributed by atoms with van der Waals surface area (Å²) in [4.78, 5) is 20.3. The van der Waals surface area contributed by atoms with E-state index in [1.165, 1.54) is 12.1 Å². The van der Waals surface area contributed by atoms with Crippen LogP contribution in [0.25, 0.3) is 11.1 Å². The zero-order chi connectivity index (χ0) is 18.4. The first-order valence-corrected chi connectivity index (χ1v) is 9.79. The average Bonchev–Trinajstić information content (AvgIpc) is 2.64. The summed E-state index contributed by atoms with van der Waals surface area (Å²) in [7, 11) is 0. The molecule has 0 bridgehead atoms. The molecule has 3 aromatic rings. The third-order valence-electron chi connectivity index (χ3n) is 3.50. The van der Waals surface area contributed by atoms with Crippen molar-refractivity contribution in [3.05, 3.63) is 78.0 Å². The van der Waals surface area contributed by atoms with Gasteiger partial charge in [-0.2, -0.15) is 0 Å². The number of carbonyl (C=O) groups excluding carboxylic acids is 1. The molecule has 1 aromatic carbocycles. The number of aryl methyl sites for hydroxylation is 1. The van der Waals surface area contributed by atoms with Gasteiger partial charge in [-0.1, -0.05) is 0 Å². The SMILES string of the molecule is Cc1ccc(CC(=O)O[I-]Nc2ccc(-c3cccc(F)c3)cn2)cn1. The predicted octanol–water partition coefficient (Wildman–Crippen LogP) is 0.708. The molecule has 0 spiro atoms. The molecule has 0 saturated carbocycles. The van der Waals surface area contributed by atoms with Crippen molar-refractivity contribution in [3.63, 3.8) is 0 Å². The van der Waals surface area contributed by atoms with Crippen LogP contribution in [-0.2, 0) is 14.3 Å². The van der Waals surface area contributed by atoms with E-state index in [0.717, 1.165) is 22.4 Å². The first kappa shape index (κ1) is 18.2. The zero-order valence-corrected chi connectivity index (χ0v) is 16.1. The van der Waals surface area contributed by atoms with Crippen LogP contribution >= 0.6 is 0 Å². The van der Waals surface area contributed by atoms with Crippen molar-refractivity contribution in [1.82, 2.24) is 9.97 Å². The Labute approximate surface area is 161 Å². The van der Waals surface area contributed by atoms with E-state index in [1.54, 1.807) is 24.5 Å². The average molecular weight is 464 g/mol. The van der Waals surface area contributed by atoms with E-state index in [1.807, 2.05) is 31.2 Å². The van der Waals surface area contributed by atoms with Gasteiger partial charge in [0, 0.05) is 0 Å². The van der Waals surface area contributed by atoms with Gasteiger partial charge < -0.3 is 0 Å². The Bertz CT molecular complexity index is 886. The fraction of sp³-hybridized carbons (Fsp3) is 0.105. The Morgan fingerprint density at radius 2 is 2.00 bits per heavy atom. The van der Waals surface area contributed by atoms with E-state index in [9.17, 15) is 9.18 Å². The van der Waals surface area contributed by atoms with Crippen molar-refractivity contribution in [3.8, 4) is 11.1 Å². The molecular formula is C19H16FIN3O2-. The maximum absolute atomic E-state index is 13.3. The Kier molecular flexibility index (Phi) is 6.11.